The summed E-state index contributed by atoms with van der Waals surface area (Å²) in [5.41, 5.74) is 12.2. The third-order valence-corrected chi connectivity index (χ3v) is 17.5. The predicted molar refractivity (Wildman–Crippen MR) is 383 cm³/mol. The molecule has 0 aliphatic rings. The minimum atomic E-state index is 0.122. The minimum Gasteiger partial charge on any atom is -0.492 e. The van der Waals surface area contributed by atoms with E-state index in [0.29, 0.717) is 65.1 Å². The van der Waals surface area contributed by atoms with Crippen LogP contribution in [0.2, 0.25) is 0 Å². The van der Waals surface area contributed by atoms with Crippen LogP contribution in [0.25, 0.3) is 22.3 Å². The summed E-state index contributed by atoms with van der Waals surface area (Å²) in [7, 11) is 3.69. The Morgan fingerprint density at radius 2 is 0.576 bits per heavy atom. The van der Waals surface area contributed by atoms with E-state index < -0.39 is 0 Å². The standard InChI is InChI=1S/C82H110N4O6/c1-5-75(67-41-27-21-28-42-67)81(69-45-31-23-32-46-69)71-53-57-73(58-54-71)91-65-63-85(3)79(89)51-37-25-39-61-83-77(87)49-35-19-17-15-13-11-9-7-8-10-12-14-16-18-20-36-50-78(88)84-62-40-26-38-52-80(90)86(4)64-66-92-74-59-55-72(56-60-74)82(70-47-33-24-34-48-70)76(6-2)68-43-29-22-30-44-68/h21-24,27-34,41-48,53-60H,5-20,25-26,35-40,49-52,61-66H2,1-4H3,(H,83,87)(H,84,88)/b81-75-,82-76-. The van der Waals surface area contributed by atoms with Gasteiger partial charge in [0.1, 0.15) is 24.7 Å². The average molecular weight is 1250 g/mol. The van der Waals surface area contributed by atoms with Crippen molar-refractivity contribution in [3.05, 3.63) is 203 Å². The third-order valence-electron chi connectivity index (χ3n) is 17.5. The molecule has 494 valence electrons. The van der Waals surface area contributed by atoms with Gasteiger partial charge in [-0.3, -0.25) is 19.2 Å². The number of amides is 4. The van der Waals surface area contributed by atoms with Crippen molar-refractivity contribution < 1.29 is 28.7 Å². The lowest BCUT2D eigenvalue weighted by Gasteiger charge is -2.18. The molecule has 10 nitrogen and oxygen atoms in total. The number of ether oxygens (including phenoxy) is 2. The molecule has 0 bridgehead atoms. The second-order valence-electron chi connectivity index (χ2n) is 24.7. The number of likely N-dealkylation sites (N-methyl/N-ethyl adjacent to an activating group) is 2. The van der Waals surface area contributed by atoms with Crippen LogP contribution in [0, 0.1) is 0 Å². The Morgan fingerprint density at radius 3 is 0.880 bits per heavy atom. The monoisotopic (exact) mass is 1250 g/mol. The molecule has 10 heteroatoms. The van der Waals surface area contributed by atoms with Gasteiger partial charge in [-0.05, 0) is 131 Å². The zero-order valence-corrected chi connectivity index (χ0v) is 56.6. The molecule has 92 heavy (non-hydrogen) atoms. The molecule has 0 aliphatic heterocycles. The number of benzene rings is 6. The molecule has 4 amide bonds. The lowest BCUT2D eigenvalue weighted by atomic mass is 9.88. The maximum atomic E-state index is 12.8. The highest BCUT2D eigenvalue weighted by molar-refractivity contribution is 5.99. The highest BCUT2D eigenvalue weighted by Crippen LogP contribution is 2.37. The molecule has 0 fully saturated rings. The van der Waals surface area contributed by atoms with Gasteiger partial charge in [0.05, 0.1) is 13.1 Å². The summed E-state index contributed by atoms with van der Waals surface area (Å²) < 4.78 is 12.2. The number of nitrogens with one attached hydrogen (secondary N) is 2. The number of carbonyl (C=O) groups excluding carboxylic acids is 4. The molecule has 0 saturated heterocycles. The Morgan fingerprint density at radius 1 is 0.315 bits per heavy atom. The number of allylic oxidation sites excluding steroid dienone is 2. The van der Waals surface area contributed by atoms with E-state index in [1.54, 1.807) is 9.80 Å². The Balaban J connectivity index is 0.653. The van der Waals surface area contributed by atoms with Crippen molar-refractivity contribution in [1.29, 1.82) is 0 Å². The molecule has 0 aromatic heterocycles. The molecule has 2 N–H and O–H groups in total. The summed E-state index contributed by atoms with van der Waals surface area (Å²) in [4.78, 5) is 54.0. The van der Waals surface area contributed by atoms with Gasteiger partial charge in [-0.1, -0.05) is 262 Å². The van der Waals surface area contributed by atoms with Crippen LogP contribution in [0.5, 0.6) is 11.5 Å². The van der Waals surface area contributed by atoms with Crippen molar-refractivity contribution in [2.75, 3.05) is 53.5 Å². The van der Waals surface area contributed by atoms with Gasteiger partial charge in [-0.15, -0.1) is 0 Å². The van der Waals surface area contributed by atoms with Gasteiger partial charge < -0.3 is 29.9 Å². The van der Waals surface area contributed by atoms with Crippen molar-refractivity contribution >= 4 is 45.9 Å². The molecule has 6 aromatic rings. The molecule has 0 radical (unpaired) electrons. The van der Waals surface area contributed by atoms with Crippen molar-refractivity contribution in [3.8, 4) is 11.5 Å². The van der Waals surface area contributed by atoms with E-state index in [9.17, 15) is 19.2 Å². The van der Waals surface area contributed by atoms with Crippen LogP contribution in [-0.2, 0) is 19.2 Å². The van der Waals surface area contributed by atoms with Gasteiger partial charge in [0.2, 0.25) is 23.6 Å². The van der Waals surface area contributed by atoms with Gasteiger partial charge in [0, 0.05) is 52.9 Å². The van der Waals surface area contributed by atoms with E-state index >= 15 is 0 Å². The van der Waals surface area contributed by atoms with E-state index in [2.05, 4.69) is 170 Å². The fraction of sp³-hybridized carbons (Fsp3) is 0.463. The van der Waals surface area contributed by atoms with Crippen LogP contribution in [-0.4, -0.2) is 86.9 Å². The maximum absolute atomic E-state index is 12.8. The SMILES string of the molecule is CC/C(=C(\c1ccccc1)c1ccc(OCCN(C)C(=O)CCCCCNC(=O)CCCCCCCCCCCCCCCCCCC(=O)NCCCCCC(=O)N(C)CCOc2ccc(/C(=C(/CC)c3ccccc3)c3ccccc3)cc2)cc1)c1ccccc1. The van der Waals surface area contributed by atoms with Crippen LogP contribution in [0.4, 0.5) is 0 Å². The number of hydrogen-bond acceptors (Lipinski definition) is 6. The Kier molecular flexibility index (Phi) is 35.6. The Bertz CT molecular complexity index is 2850. The lowest BCUT2D eigenvalue weighted by Crippen LogP contribution is -2.30. The zero-order chi connectivity index (χ0) is 65.1. The number of unbranched alkanes of at least 4 members (excludes halogenated alkanes) is 19. The quantitative estimate of drug-likeness (QED) is 0.0290. The second kappa shape index (κ2) is 44.7. The molecule has 0 saturated carbocycles. The van der Waals surface area contributed by atoms with Gasteiger partial charge in [-0.2, -0.15) is 0 Å². The zero-order valence-electron chi connectivity index (χ0n) is 56.6. The summed E-state index contributed by atoms with van der Waals surface area (Å²) in [6, 6.07) is 58.9. The summed E-state index contributed by atoms with van der Waals surface area (Å²) in [5.74, 6) is 2.11. The van der Waals surface area contributed by atoms with Gasteiger partial charge >= 0.3 is 0 Å². The van der Waals surface area contributed by atoms with E-state index in [4.69, 9.17) is 9.47 Å². The van der Waals surface area contributed by atoms with Gasteiger partial charge in [0.15, 0.2) is 0 Å². The first kappa shape index (κ1) is 73.3. The number of hydrogen-bond donors (Lipinski definition) is 2. The highest BCUT2D eigenvalue weighted by atomic mass is 16.5. The van der Waals surface area contributed by atoms with Crippen LogP contribution < -0.4 is 20.1 Å². The number of carbonyl (C=O) groups is 4. The number of nitrogens with zero attached hydrogens (tertiary/aromatic N) is 2. The van der Waals surface area contributed by atoms with Crippen molar-refractivity contribution in [1.82, 2.24) is 20.4 Å². The van der Waals surface area contributed by atoms with E-state index in [1.807, 2.05) is 38.4 Å². The molecule has 0 heterocycles. The molecule has 6 rings (SSSR count). The minimum absolute atomic E-state index is 0.122. The second-order valence-corrected chi connectivity index (χ2v) is 24.7. The van der Waals surface area contributed by atoms with Crippen molar-refractivity contribution in [2.45, 2.75) is 194 Å². The Hall–Kier alpha value is -7.72. The molecule has 0 unspecified atom stereocenters. The molecule has 0 aliphatic carbocycles. The molecular weight excluding hydrogens is 1140 g/mol. The van der Waals surface area contributed by atoms with Crippen LogP contribution in [0.3, 0.4) is 0 Å². The van der Waals surface area contributed by atoms with Crippen molar-refractivity contribution in [3.63, 3.8) is 0 Å². The van der Waals surface area contributed by atoms with E-state index in [0.717, 1.165) is 99.7 Å². The lowest BCUT2D eigenvalue weighted by molar-refractivity contribution is -0.131. The molecular formula is C82H110N4O6. The van der Waals surface area contributed by atoms with Gasteiger partial charge in [-0.25, -0.2) is 0 Å². The maximum Gasteiger partial charge on any atom is 0.222 e. The smallest absolute Gasteiger partial charge is 0.222 e. The van der Waals surface area contributed by atoms with E-state index in [-0.39, 0.29) is 23.6 Å². The fourth-order valence-corrected chi connectivity index (χ4v) is 12.1. The van der Waals surface area contributed by atoms with Crippen LogP contribution in [0.1, 0.15) is 227 Å². The summed E-state index contributed by atoms with van der Waals surface area (Å²) in [6.45, 7) is 7.66. The topological polar surface area (TPSA) is 117 Å². The first-order valence-corrected chi connectivity index (χ1v) is 35.3. The van der Waals surface area contributed by atoms with E-state index in [1.165, 1.54) is 122 Å². The number of rotatable bonds is 47. The Labute approximate surface area is 554 Å². The normalized spacial score (nSPS) is 11.7. The molecule has 0 atom stereocenters. The fourth-order valence-electron chi connectivity index (χ4n) is 12.1. The molecule has 6 aromatic carbocycles. The highest BCUT2D eigenvalue weighted by Gasteiger charge is 2.17. The molecule has 0 spiro atoms. The van der Waals surface area contributed by atoms with Crippen molar-refractivity contribution in [2.24, 2.45) is 0 Å². The summed E-state index contributed by atoms with van der Waals surface area (Å²) in [5, 5.41) is 6.16. The predicted octanol–water partition coefficient (Wildman–Crippen LogP) is 19.2. The first-order chi connectivity index (χ1) is 45.1. The van der Waals surface area contributed by atoms with Crippen LogP contribution in [0.15, 0.2) is 170 Å². The third kappa shape index (κ3) is 28.0. The van der Waals surface area contributed by atoms with Gasteiger partial charge in [0.25, 0.3) is 0 Å². The van der Waals surface area contributed by atoms with Crippen LogP contribution >= 0.6 is 0 Å². The largest absolute Gasteiger partial charge is 0.492 e. The summed E-state index contributed by atoms with van der Waals surface area (Å²) in [6.07, 6.45) is 28.8. The summed E-state index contributed by atoms with van der Waals surface area (Å²) >= 11 is 0. The first-order valence-electron chi connectivity index (χ1n) is 35.3. The average Bonchev–Trinajstić information content (AvgIpc) is 1.16.